The molecular weight excluding hydrogens is 254 g/mol. The Morgan fingerprint density at radius 3 is 3.15 bits per heavy atom. The molecule has 20 heavy (non-hydrogen) atoms. The number of rotatable bonds is 2. The summed E-state index contributed by atoms with van der Waals surface area (Å²) in [5.74, 6) is 0. The zero-order valence-electron chi connectivity index (χ0n) is 11.9. The number of fused-ring (bicyclic) bond motifs is 3. The van der Waals surface area contributed by atoms with Crippen molar-refractivity contribution in [2.24, 2.45) is 0 Å². The van der Waals surface area contributed by atoms with Crippen molar-refractivity contribution in [2.75, 3.05) is 13.1 Å². The summed E-state index contributed by atoms with van der Waals surface area (Å²) in [6.07, 6.45) is 3.63. The molecule has 3 heterocycles. The number of aromatic nitrogens is 3. The first kappa shape index (κ1) is 12.9. The SMILES string of the molecule is CCCNC(=O)N1CCc2c(cnc3cc(C)nn23)C1. The molecule has 106 valence electrons. The van der Waals surface area contributed by atoms with Crippen molar-refractivity contribution in [3.05, 3.63) is 29.2 Å². The molecule has 6 nitrogen and oxygen atoms in total. The summed E-state index contributed by atoms with van der Waals surface area (Å²) in [6.45, 7) is 6.06. The lowest BCUT2D eigenvalue weighted by molar-refractivity contribution is 0.191. The zero-order valence-corrected chi connectivity index (χ0v) is 11.9. The molecule has 0 aromatic carbocycles. The van der Waals surface area contributed by atoms with Gasteiger partial charge in [0, 0.05) is 37.3 Å². The Hall–Kier alpha value is -2.11. The molecular formula is C14H19N5O. The quantitative estimate of drug-likeness (QED) is 0.902. The average molecular weight is 273 g/mol. The van der Waals surface area contributed by atoms with Crippen molar-refractivity contribution >= 4 is 11.7 Å². The molecule has 6 heteroatoms. The lowest BCUT2D eigenvalue weighted by Crippen LogP contribution is -2.43. The molecule has 0 aliphatic carbocycles. The molecule has 3 rings (SSSR count). The van der Waals surface area contributed by atoms with Gasteiger partial charge in [0.05, 0.1) is 17.9 Å². The van der Waals surface area contributed by atoms with Crippen LogP contribution in [0.15, 0.2) is 12.3 Å². The lowest BCUT2D eigenvalue weighted by Gasteiger charge is -2.28. The van der Waals surface area contributed by atoms with E-state index in [-0.39, 0.29) is 6.03 Å². The summed E-state index contributed by atoms with van der Waals surface area (Å²) >= 11 is 0. The van der Waals surface area contributed by atoms with Crippen molar-refractivity contribution in [3.63, 3.8) is 0 Å². The summed E-state index contributed by atoms with van der Waals surface area (Å²) in [5, 5.41) is 7.40. The van der Waals surface area contributed by atoms with E-state index in [0.717, 1.165) is 42.8 Å². The third kappa shape index (κ3) is 2.21. The first-order chi connectivity index (χ1) is 9.69. The summed E-state index contributed by atoms with van der Waals surface area (Å²) in [5.41, 5.74) is 4.10. The molecule has 0 fully saturated rings. The van der Waals surface area contributed by atoms with Gasteiger partial charge in [0.2, 0.25) is 0 Å². The molecule has 1 aliphatic heterocycles. The minimum atomic E-state index is 0.00856. The fourth-order valence-electron chi connectivity index (χ4n) is 2.57. The summed E-state index contributed by atoms with van der Waals surface area (Å²) in [6, 6.07) is 1.98. The molecule has 0 radical (unpaired) electrons. The number of hydrogen-bond acceptors (Lipinski definition) is 3. The molecule has 0 bridgehead atoms. The van der Waals surface area contributed by atoms with Gasteiger partial charge in [-0.15, -0.1) is 0 Å². The summed E-state index contributed by atoms with van der Waals surface area (Å²) < 4.78 is 1.91. The monoisotopic (exact) mass is 273 g/mol. The number of carbonyl (C=O) groups excluding carboxylic acids is 1. The molecule has 0 atom stereocenters. The Kier molecular flexibility index (Phi) is 3.30. The van der Waals surface area contributed by atoms with E-state index in [0.29, 0.717) is 6.54 Å². The molecule has 2 aromatic heterocycles. The standard InChI is InChI=1S/C14H19N5O/c1-3-5-15-14(20)18-6-4-12-11(9-18)8-16-13-7-10(2)17-19(12)13/h7-8H,3-6,9H2,1-2H3,(H,15,20). The van der Waals surface area contributed by atoms with Crippen LogP contribution in [0.2, 0.25) is 0 Å². The van der Waals surface area contributed by atoms with E-state index in [1.807, 2.05) is 35.5 Å². The van der Waals surface area contributed by atoms with Gasteiger partial charge < -0.3 is 10.2 Å². The maximum absolute atomic E-state index is 12.0. The van der Waals surface area contributed by atoms with E-state index in [1.165, 1.54) is 5.69 Å². The molecule has 0 saturated carbocycles. The van der Waals surface area contributed by atoms with Gasteiger partial charge in [-0.05, 0) is 13.3 Å². The number of carbonyl (C=O) groups is 1. The van der Waals surface area contributed by atoms with Crippen LogP contribution in [-0.2, 0) is 13.0 Å². The minimum absolute atomic E-state index is 0.00856. The fraction of sp³-hybridized carbons (Fsp3) is 0.500. The molecule has 0 spiro atoms. The van der Waals surface area contributed by atoms with Crippen LogP contribution in [0.5, 0.6) is 0 Å². The maximum Gasteiger partial charge on any atom is 0.317 e. The van der Waals surface area contributed by atoms with Crippen LogP contribution in [0.1, 0.15) is 30.3 Å². The Labute approximate surface area is 117 Å². The van der Waals surface area contributed by atoms with E-state index >= 15 is 0 Å². The van der Waals surface area contributed by atoms with Crippen LogP contribution in [-0.4, -0.2) is 38.6 Å². The van der Waals surface area contributed by atoms with Crippen molar-refractivity contribution in [1.29, 1.82) is 0 Å². The van der Waals surface area contributed by atoms with Gasteiger partial charge in [-0.2, -0.15) is 5.10 Å². The van der Waals surface area contributed by atoms with Crippen LogP contribution < -0.4 is 5.32 Å². The third-order valence-electron chi connectivity index (χ3n) is 3.58. The van der Waals surface area contributed by atoms with Gasteiger partial charge in [0.25, 0.3) is 0 Å². The highest BCUT2D eigenvalue weighted by Crippen LogP contribution is 2.19. The van der Waals surface area contributed by atoms with Crippen LogP contribution in [0.4, 0.5) is 4.79 Å². The molecule has 2 aromatic rings. The van der Waals surface area contributed by atoms with Gasteiger partial charge in [-0.3, -0.25) is 0 Å². The smallest absolute Gasteiger partial charge is 0.317 e. The second-order valence-electron chi connectivity index (χ2n) is 5.19. The third-order valence-corrected chi connectivity index (χ3v) is 3.58. The number of amides is 2. The van der Waals surface area contributed by atoms with Crippen molar-refractivity contribution < 1.29 is 4.79 Å². The fourth-order valence-corrected chi connectivity index (χ4v) is 2.57. The summed E-state index contributed by atoms with van der Waals surface area (Å²) in [4.78, 5) is 18.3. The van der Waals surface area contributed by atoms with Crippen molar-refractivity contribution in [2.45, 2.75) is 33.2 Å². The Morgan fingerprint density at radius 2 is 2.35 bits per heavy atom. The lowest BCUT2D eigenvalue weighted by atomic mass is 10.1. The molecule has 1 N–H and O–H groups in total. The van der Waals surface area contributed by atoms with Crippen LogP contribution >= 0.6 is 0 Å². The van der Waals surface area contributed by atoms with Crippen LogP contribution in [0.25, 0.3) is 5.65 Å². The van der Waals surface area contributed by atoms with Crippen LogP contribution in [0, 0.1) is 6.92 Å². The highest BCUT2D eigenvalue weighted by Gasteiger charge is 2.23. The predicted octanol–water partition coefficient (Wildman–Crippen LogP) is 1.52. The number of nitrogens with one attached hydrogen (secondary N) is 1. The first-order valence-electron chi connectivity index (χ1n) is 7.05. The van der Waals surface area contributed by atoms with E-state index < -0.39 is 0 Å². The Morgan fingerprint density at radius 1 is 1.50 bits per heavy atom. The zero-order chi connectivity index (χ0) is 14.1. The van der Waals surface area contributed by atoms with Gasteiger partial charge in [0.1, 0.15) is 0 Å². The van der Waals surface area contributed by atoms with Gasteiger partial charge in [-0.25, -0.2) is 14.3 Å². The van der Waals surface area contributed by atoms with Gasteiger partial charge in [0.15, 0.2) is 5.65 Å². The second kappa shape index (κ2) is 5.11. The maximum atomic E-state index is 12.0. The van der Waals surface area contributed by atoms with E-state index in [2.05, 4.69) is 15.4 Å². The predicted molar refractivity (Wildman–Crippen MR) is 75.5 cm³/mol. The number of nitrogens with zero attached hydrogens (tertiary/aromatic N) is 4. The topological polar surface area (TPSA) is 62.5 Å². The molecule has 0 unspecified atom stereocenters. The highest BCUT2D eigenvalue weighted by atomic mass is 16.2. The number of aryl methyl sites for hydroxylation is 1. The second-order valence-corrected chi connectivity index (χ2v) is 5.19. The number of hydrogen-bond donors (Lipinski definition) is 1. The van der Waals surface area contributed by atoms with E-state index in [1.54, 1.807) is 0 Å². The first-order valence-corrected chi connectivity index (χ1v) is 7.05. The molecule has 2 amide bonds. The minimum Gasteiger partial charge on any atom is -0.338 e. The van der Waals surface area contributed by atoms with Crippen LogP contribution in [0.3, 0.4) is 0 Å². The largest absolute Gasteiger partial charge is 0.338 e. The van der Waals surface area contributed by atoms with E-state index in [4.69, 9.17) is 0 Å². The van der Waals surface area contributed by atoms with Crippen molar-refractivity contribution in [1.82, 2.24) is 24.8 Å². The van der Waals surface area contributed by atoms with E-state index in [9.17, 15) is 4.79 Å². The Balaban J connectivity index is 1.85. The van der Waals surface area contributed by atoms with Gasteiger partial charge in [-0.1, -0.05) is 6.92 Å². The molecule has 0 saturated heterocycles. The highest BCUT2D eigenvalue weighted by molar-refractivity contribution is 5.74. The average Bonchev–Trinajstić information content (AvgIpc) is 2.84. The molecule has 1 aliphatic rings. The number of urea groups is 1. The summed E-state index contributed by atoms with van der Waals surface area (Å²) in [7, 11) is 0. The van der Waals surface area contributed by atoms with Gasteiger partial charge >= 0.3 is 6.03 Å². The van der Waals surface area contributed by atoms with Crippen molar-refractivity contribution in [3.8, 4) is 0 Å². The normalized spacial score (nSPS) is 14.4. The Bertz CT molecular complexity index is 648.